The zero-order valence-electron chi connectivity index (χ0n) is 15.7. The summed E-state index contributed by atoms with van der Waals surface area (Å²) in [6.45, 7) is -0.243. The molecule has 0 saturated carbocycles. The van der Waals surface area contributed by atoms with Crippen molar-refractivity contribution in [2.45, 2.75) is 16.7 Å². The zero-order valence-corrected chi connectivity index (χ0v) is 16.6. The largest absolute Gasteiger partial charge is 0.468 e. The lowest BCUT2D eigenvalue weighted by molar-refractivity contribution is -0.139. The van der Waals surface area contributed by atoms with Gasteiger partial charge in [-0.3, -0.25) is 9.59 Å². The standard InChI is InChI=1S/C21H19FN2O5S/c22-16-8-10-17(11-9-16)30(27,28)19(18-7-4-12-29-18)14-24-21(26)20(25)23-13-15-5-2-1-3-6-15/h1-12,19H,13-14H2,(H,23,25)(H,24,26)/t19-/m1/s1. The highest BCUT2D eigenvalue weighted by molar-refractivity contribution is 7.91. The summed E-state index contributed by atoms with van der Waals surface area (Å²) in [5, 5.41) is 3.51. The molecule has 0 aliphatic carbocycles. The molecule has 156 valence electrons. The van der Waals surface area contributed by atoms with Crippen LogP contribution >= 0.6 is 0 Å². The highest BCUT2D eigenvalue weighted by Gasteiger charge is 2.32. The minimum atomic E-state index is -4.02. The molecule has 2 aromatic carbocycles. The van der Waals surface area contributed by atoms with Gasteiger partial charge in [0.1, 0.15) is 16.8 Å². The normalized spacial score (nSPS) is 12.2. The lowest BCUT2D eigenvalue weighted by atomic mass is 10.2. The van der Waals surface area contributed by atoms with E-state index < -0.39 is 39.3 Å². The van der Waals surface area contributed by atoms with E-state index in [-0.39, 0.29) is 17.2 Å². The number of rotatable bonds is 7. The van der Waals surface area contributed by atoms with Crippen LogP contribution in [-0.4, -0.2) is 26.8 Å². The highest BCUT2D eigenvalue weighted by Crippen LogP contribution is 2.29. The number of hydrogen-bond donors (Lipinski definition) is 2. The summed E-state index contributed by atoms with van der Waals surface area (Å²) in [4.78, 5) is 24.1. The van der Waals surface area contributed by atoms with Crippen LogP contribution in [0.2, 0.25) is 0 Å². The monoisotopic (exact) mass is 430 g/mol. The molecule has 3 rings (SSSR count). The number of carbonyl (C=O) groups excluding carboxylic acids is 2. The third-order valence-electron chi connectivity index (χ3n) is 4.33. The first-order valence-electron chi connectivity index (χ1n) is 9.01. The average Bonchev–Trinajstić information content (AvgIpc) is 3.27. The molecule has 0 bridgehead atoms. The molecular weight excluding hydrogens is 411 g/mol. The Balaban J connectivity index is 1.69. The predicted octanol–water partition coefficient (Wildman–Crippen LogP) is 2.37. The second-order valence-corrected chi connectivity index (χ2v) is 8.51. The van der Waals surface area contributed by atoms with Gasteiger partial charge in [-0.25, -0.2) is 12.8 Å². The molecular formula is C21H19FN2O5S. The quantitative estimate of drug-likeness (QED) is 0.442. The Morgan fingerprint density at radius 1 is 0.900 bits per heavy atom. The van der Waals surface area contributed by atoms with Crippen molar-refractivity contribution in [1.29, 1.82) is 0 Å². The summed E-state index contributed by atoms with van der Waals surface area (Å²) in [7, 11) is -4.02. The van der Waals surface area contributed by atoms with E-state index in [2.05, 4.69) is 10.6 Å². The Morgan fingerprint density at radius 2 is 1.57 bits per heavy atom. The number of nitrogens with one attached hydrogen (secondary N) is 2. The first-order valence-corrected chi connectivity index (χ1v) is 10.6. The van der Waals surface area contributed by atoms with Gasteiger partial charge in [-0.2, -0.15) is 0 Å². The van der Waals surface area contributed by atoms with Crippen LogP contribution in [-0.2, 0) is 26.0 Å². The Kier molecular flexibility index (Phi) is 6.63. The summed E-state index contributed by atoms with van der Waals surface area (Å²) in [6.07, 6.45) is 1.30. The SMILES string of the molecule is O=C(NCc1ccccc1)C(=O)NC[C@H](c1ccco1)S(=O)(=O)c1ccc(F)cc1. The Morgan fingerprint density at radius 3 is 2.20 bits per heavy atom. The molecule has 1 heterocycles. The topological polar surface area (TPSA) is 105 Å². The van der Waals surface area contributed by atoms with E-state index in [9.17, 15) is 22.4 Å². The highest BCUT2D eigenvalue weighted by atomic mass is 32.2. The molecule has 0 spiro atoms. The van der Waals surface area contributed by atoms with Gasteiger partial charge in [-0.1, -0.05) is 30.3 Å². The van der Waals surface area contributed by atoms with Crippen LogP contribution in [0.3, 0.4) is 0 Å². The average molecular weight is 430 g/mol. The van der Waals surface area contributed by atoms with Crippen molar-refractivity contribution >= 4 is 21.7 Å². The van der Waals surface area contributed by atoms with Crippen molar-refractivity contribution in [3.8, 4) is 0 Å². The molecule has 0 fully saturated rings. The lowest BCUT2D eigenvalue weighted by Crippen LogP contribution is -2.42. The van der Waals surface area contributed by atoms with Gasteiger partial charge in [0.15, 0.2) is 9.84 Å². The van der Waals surface area contributed by atoms with Gasteiger partial charge >= 0.3 is 11.8 Å². The van der Waals surface area contributed by atoms with E-state index in [0.29, 0.717) is 0 Å². The lowest BCUT2D eigenvalue weighted by Gasteiger charge is -2.16. The second kappa shape index (κ2) is 9.36. The zero-order chi connectivity index (χ0) is 21.6. The fourth-order valence-corrected chi connectivity index (χ4v) is 4.34. The van der Waals surface area contributed by atoms with Gasteiger partial charge in [0, 0.05) is 13.1 Å². The smallest absolute Gasteiger partial charge is 0.309 e. The van der Waals surface area contributed by atoms with E-state index in [1.165, 1.54) is 18.4 Å². The summed E-state index contributed by atoms with van der Waals surface area (Å²) in [5.41, 5.74) is 0.811. The van der Waals surface area contributed by atoms with E-state index in [4.69, 9.17) is 4.42 Å². The minimum Gasteiger partial charge on any atom is -0.468 e. The van der Waals surface area contributed by atoms with Crippen molar-refractivity contribution in [3.63, 3.8) is 0 Å². The molecule has 0 radical (unpaired) electrons. The van der Waals surface area contributed by atoms with Gasteiger partial charge in [-0.15, -0.1) is 0 Å². The van der Waals surface area contributed by atoms with Crippen molar-refractivity contribution in [2.75, 3.05) is 6.54 Å². The van der Waals surface area contributed by atoms with Crippen LogP contribution in [0.25, 0.3) is 0 Å². The number of halogens is 1. The van der Waals surface area contributed by atoms with Crippen molar-refractivity contribution < 1.29 is 26.8 Å². The number of furan rings is 1. The van der Waals surface area contributed by atoms with Crippen LogP contribution in [0.15, 0.2) is 82.3 Å². The Bertz CT molecular complexity index is 1100. The van der Waals surface area contributed by atoms with E-state index in [1.807, 2.05) is 6.07 Å². The number of amides is 2. The van der Waals surface area contributed by atoms with Gasteiger partial charge in [-0.05, 0) is 42.0 Å². The van der Waals surface area contributed by atoms with E-state index in [0.717, 1.165) is 29.8 Å². The fourth-order valence-electron chi connectivity index (χ4n) is 2.75. The molecule has 1 aromatic heterocycles. The van der Waals surface area contributed by atoms with Crippen molar-refractivity contribution in [3.05, 3.63) is 90.1 Å². The van der Waals surface area contributed by atoms with Crippen LogP contribution in [0, 0.1) is 5.82 Å². The maximum Gasteiger partial charge on any atom is 0.309 e. The molecule has 3 aromatic rings. The first kappa shape index (κ1) is 21.3. The summed E-state index contributed by atoms with van der Waals surface area (Å²) >= 11 is 0. The van der Waals surface area contributed by atoms with E-state index >= 15 is 0 Å². The van der Waals surface area contributed by atoms with Crippen LogP contribution in [0.4, 0.5) is 4.39 Å². The maximum absolute atomic E-state index is 13.2. The second-order valence-electron chi connectivity index (χ2n) is 6.38. The predicted molar refractivity (Wildman–Crippen MR) is 106 cm³/mol. The summed E-state index contributed by atoms with van der Waals surface area (Å²) < 4.78 is 44.4. The molecule has 2 amide bonds. The maximum atomic E-state index is 13.2. The molecule has 9 heteroatoms. The third kappa shape index (κ3) is 5.12. The number of sulfone groups is 1. The van der Waals surface area contributed by atoms with Gasteiger partial charge in [0.25, 0.3) is 0 Å². The van der Waals surface area contributed by atoms with Gasteiger partial charge in [0.05, 0.1) is 11.2 Å². The molecule has 0 aliphatic heterocycles. The van der Waals surface area contributed by atoms with E-state index in [1.54, 1.807) is 24.3 Å². The first-order chi connectivity index (χ1) is 14.4. The molecule has 0 saturated heterocycles. The Hall–Kier alpha value is -3.46. The molecule has 0 unspecified atom stereocenters. The molecule has 1 atom stereocenters. The number of carbonyl (C=O) groups is 2. The molecule has 30 heavy (non-hydrogen) atoms. The number of benzene rings is 2. The van der Waals surface area contributed by atoms with Gasteiger partial charge < -0.3 is 15.1 Å². The van der Waals surface area contributed by atoms with Crippen LogP contribution in [0.1, 0.15) is 16.6 Å². The third-order valence-corrected chi connectivity index (χ3v) is 6.40. The summed E-state index contributed by atoms with van der Waals surface area (Å²) in [5.74, 6) is -2.36. The van der Waals surface area contributed by atoms with Crippen molar-refractivity contribution in [2.24, 2.45) is 0 Å². The molecule has 2 N–H and O–H groups in total. The van der Waals surface area contributed by atoms with Crippen molar-refractivity contribution in [1.82, 2.24) is 10.6 Å². The number of hydrogen-bond acceptors (Lipinski definition) is 5. The Labute approximate surface area is 172 Å². The molecule has 0 aliphatic rings. The van der Waals surface area contributed by atoms with Gasteiger partial charge in [0.2, 0.25) is 0 Å². The molecule has 7 nitrogen and oxygen atoms in total. The minimum absolute atomic E-state index is 0.0873. The fraction of sp³-hybridized carbons (Fsp3) is 0.143. The van der Waals surface area contributed by atoms with Crippen LogP contribution < -0.4 is 10.6 Å². The van der Waals surface area contributed by atoms with Crippen LogP contribution in [0.5, 0.6) is 0 Å². The summed E-state index contributed by atoms with van der Waals surface area (Å²) in [6, 6.07) is 16.3.